The lowest BCUT2D eigenvalue weighted by Gasteiger charge is -2.39. The highest BCUT2D eigenvalue weighted by molar-refractivity contribution is 5.78. The number of nitrogens with two attached hydrogens (primary N) is 1. The second-order valence-electron chi connectivity index (χ2n) is 8.05. The molecule has 156 valence electrons. The van der Waals surface area contributed by atoms with E-state index in [1.165, 1.54) is 25.0 Å². The molecule has 4 nitrogen and oxygen atoms in total. The van der Waals surface area contributed by atoms with Crippen molar-refractivity contribution in [2.75, 3.05) is 33.2 Å². The molecule has 1 aromatic rings. The highest BCUT2D eigenvalue weighted by Gasteiger charge is 2.33. The van der Waals surface area contributed by atoms with Crippen molar-refractivity contribution in [1.82, 2.24) is 9.80 Å². The number of guanidine groups is 1. The highest BCUT2D eigenvalue weighted by Crippen LogP contribution is 2.37. The average molecular weight is 397 g/mol. The van der Waals surface area contributed by atoms with Gasteiger partial charge in [-0.25, -0.2) is 0 Å². The molecular formula is C21H31F3N4. The topological polar surface area (TPSA) is 44.9 Å². The Kier molecular flexibility index (Phi) is 6.86. The minimum atomic E-state index is -4.30. The van der Waals surface area contributed by atoms with Gasteiger partial charge in [0.25, 0.3) is 0 Å². The van der Waals surface area contributed by atoms with Gasteiger partial charge in [0.05, 0.1) is 5.56 Å². The van der Waals surface area contributed by atoms with Gasteiger partial charge in [0.15, 0.2) is 5.96 Å². The van der Waals surface area contributed by atoms with E-state index in [0.717, 1.165) is 50.9 Å². The summed E-state index contributed by atoms with van der Waals surface area (Å²) in [5.74, 6) is 0.863. The molecule has 0 saturated carbocycles. The van der Waals surface area contributed by atoms with Crippen molar-refractivity contribution < 1.29 is 13.2 Å². The summed E-state index contributed by atoms with van der Waals surface area (Å²) in [6.45, 7) is 3.47. The first-order chi connectivity index (χ1) is 13.4. The number of hydrogen-bond donors (Lipinski definition) is 1. The van der Waals surface area contributed by atoms with Crippen molar-refractivity contribution in [2.24, 2.45) is 16.6 Å². The molecule has 7 heteroatoms. The number of piperidine rings is 1. The lowest BCUT2D eigenvalue weighted by Crippen LogP contribution is -2.40. The van der Waals surface area contributed by atoms with Crippen LogP contribution in [0.4, 0.5) is 13.2 Å². The maximum Gasteiger partial charge on any atom is 0.416 e. The second kappa shape index (κ2) is 9.16. The fourth-order valence-corrected chi connectivity index (χ4v) is 4.46. The van der Waals surface area contributed by atoms with E-state index in [1.807, 2.05) is 7.05 Å². The second-order valence-corrected chi connectivity index (χ2v) is 8.05. The van der Waals surface area contributed by atoms with Gasteiger partial charge in [-0.05, 0) is 62.9 Å². The Morgan fingerprint density at radius 3 is 2.29 bits per heavy atom. The fourth-order valence-electron chi connectivity index (χ4n) is 4.46. The molecule has 2 heterocycles. The summed E-state index contributed by atoms with van der Waals surface area (Å²) in [5.41, 5.74) is 6.58. The Balaban J connectivity index is 1.72. The molecule has 2 fully saturated rings. The van der Waals surface area contributed by atoms with E-state index in [9.17, 15) is 13.2 Å². The van der Waals surface area contributed by atoms with Gasteiger partial charge in [-0.3, -0.25) is 9.89 Å². The molecule has 2 aliphatic rings. The molecule has 0 aliphatic carbocycles. The SMILES string of the molecule is CN1CCCC(CN=C(N)N2CCCCCC2)C1c1ccc(C(F)(F)F)cc1. The normalized spacial score (nSPS) is 25.6. The Labute approximate surface area is 165 Å². The quantitative estimate of drug-likeness (QED) is 0.613. The van der Waals surface area contributed by atoms with Gasteiger partial charge in [0.1, 0.15) is 0 Å². The van der Waals surface area contributed by atoms with Crippen molar-refractivity contribution in [2.45, 2.75) is 50.7 Å². The predicted molar refractivity (Wildman–Crippen MR) is 106 cm³/mol. The lowest BCUT2D eigenvalue weighted by atomic mass is 9.84. The molecular weight excluding hydrogens is 365 g/mol. The summed E-state index contributed by atoms with van der Waals surface area (Å²) >= 11 is 0. The smallest absolute Gasteiger partial charge is 0.370 e. The first-order valence-corrected chi connectivity index (χ1v) is 10.3. The van der Waals surface area contributed by atoms with Gasteiger partial charge in [0.2, 0.25) is 0 Å². The molecule has 2 saturated heterocycles. The van der Waals surface area contributed by atoms with E-state index < -0.39 is 11.7 Å². The van der Waals surface area contributed by atoms with Gasteiger partial charge in [-0.2, -0.15) is 13.2 Å². The summed E-state index contributed by atoms with van der Waals surface area (Å²) in [4.78, 5) is 9.10. The number of alkyl halides is 3. The monoisotopic (exact) mass is 396 g/mol. The zero-order valence-corrected chi connectivity index (χ0v) is 16.6. The molecule has 0 amide bonds. The van der Waals surface area contributed by atoms with Crippen molar-refractivity contribution in [3.8, 4) is 0 Å². The van der Waals surface area contributed by atoms with Gasteiger partial charge in [-0.15, -0.1) is 0 Å². The minimum absolute atomic E-state index is 0.0664. The first-order valence-electron chi connectivity index (χ1n) is 10.3. The van der Waals surface area contributed by atoms with E-state index >= 15 is 0 Å². The van der Waals surface area contributed by atoms with Crippen LogP contribution in [-0.2, 0) is 6.18 Å². The van der Waals surface area contributed by atoms with E-state index in [0.29, 0.717) is 12.5 Å². The molecule has 0 aromatic heterocycles. The molecule has 0 bridgehead atoms. The fraction of sp³-hybridized carbons (Fsp3) is 0.667. The number of benzene rings is 1. The number of hydrogen-bond acceptors (Lipinski definition) is 2. The van der Waals surface area contributed by atoms with Crippen LogP contribution in [-0.4, -0.2) is 49.0 Å². The van der Waals surface area contributed by atoms with Crippen molar-refractivity contribution >= 4 is 5.96 Å². The number of rotatable bonds is 3. The third kappa shape index (κ3) is 5.19. The van der Waals surface area contributed by atoms with E-state index in [2.05, 4.69) is 9.80 Å². The van der Waals surface area contributed by atoms with Crippen LogP contribution in [0.5, 0.6) is 0 Å². The van der Waals surface area contributed by atoms with Crippen molar-refractivity contribution in [1.29, 1.82) is 0 Å². The predicted octanol–water partition coefficient (Wildman–Crippen LogP) is 4.28. The van der Waals surface area contributed by atoms with E-state index in [-0.39, 0.29) is 12.0 Å². The van der Waals surface area contributed by atoms with Crippen LogP contribution < -0.4 is 5.73 Å². The molecule has 2 atom stereocenters. The zero-order chi connectivity index (χ0) is 20.1. The van der Waals surface area contributed by atoms with Gasteiger partial charge in [-0.1, -0.05) is 25.0 Å². The number of nitrogens with zero attached hydrogens (tertiary/aromatic N) is 3. The largest absolute Gasteiger partial charge is 0.416 e. The van der Waals surface area contributed by atoms with Crippen molar-refractivity contribution in [3.63, 3.8) is 0 Å². The Morgan fingerprint density at radius 2 is 1.68 bits per heavy atom. The third-order valence-electron chi connectivity index (χ3n) is 6.00. The molecule has 28 heavy (non-hydrogen) atoms. The standard InChI is InChI=1S/C21H31F3N4/c1-27-12-6-7-17(15-26-20(25)28-13-4-2-3-5-14-28)19(27)16-8-10-18(11-9-16)21(22,23)24/h8-11,17,19H,2-7,12-15H2,1H3,(H2,25,26). The maximum atomic E-state index is 12.9. The van der Waals surface area contributed by atoms with Gasteiger partial charge in [0, 0.05) is 25.7 Å². The average Bonchev–Trinajstić information content (AvgIpc) is 2.95. The maximum absolute atomic E-state index is 12.9. The highest BCUT2D eigenvalue weighted by atomic mass is 19.4. The number of aliphatic imine (C=N–C) groups is 1. The van der Waals surface area contributed by atoms with Crippen LogP contribution >= 0.6 is 0 Å². The minimum Gasteiger partial charge on any atom is -0.370 e. The summed E-state index contributed by atoms with van der Waals surface area (Å²) in [6, 6.07) is 5.67. The molecule has 2 N–H and O–H groups in total. The van der Waals surface area contributed by atoms with Crippen LogP contribution in [0.15, 0.2) is 29.3 Å². The molecule has 0 spiro atoms. The van der Waals surface area contributed by atoms with Crippen molar-refractivity contribution in [3.05, 3.63) is 35.4 Å². The number of halogens is 3. The van der Waals surface area contributed by atoms with Crippen LogP contribution in [0.1, 0.15) is 55.7 Å². The Bertz CT molecular complexity index is 649. The van der Waals surface area contributed by atoms with Crippen LogP contribution in [0, 0.1) is 5.92 Å². The van der Waals surface area contributed by atoms with E-state index in [1.54, 1.807) is 12.1 Å². The van der Waals surface area contributed by atoms with Gasteiger partial charge < -0.3 is 10.6 Å². The lowest BCUT2D eigenvalue weighted by molar-refractivity contribution is -0.137. The van der Waals surface area contributed by atoms with Crippen LogP contribution in [0.25, 0.3) is 0 Å². The number of likely N-dealkylation sites (tertiary alicyclic amines) is 2. The third-order valence-corrected chi connectivity index (χ3v) is 6.00. The first kappa shape index (κ1) is 21.0. The Hall–Kier alpha value is -1.76. The Morgan fingerprint density at radius 1 is 1.04 bits per heavy atom. The van der Waals surface area contributed by atoms with Crippen LogP contribution in [0.3, 0.4) is 0 Å². The molecule has 1 aromatic carbocycles. The summed E-state index contributed by atoms with van der Waals surface area (Å²) in [7, 11) is 2.04. The van der Waals surface area contributed by atoms with Crippen LogP contribution in [0.2, 0.25) is 0 Å². The molecule has 3 rings (SSSR count). The summed E-state index contributed by atoms with van der Waals surface area (Å²) < 4.78 is 38.7. The molecule has 0 radical (unpaired) electrons. The van der Waals surface area contributed by atoms with E-state index in [4.69, 9.17) is 10.7 Å². The zero-order valence-electron chi connectivity index (χ0n) is 16.6. The summed E-state index contributed by atoms with van der Waals surface area (Å²) in [5, 5.41) is 0. The molecule has 2 aliphatic heterocycles. The summed E-state index contributed by atoms with van der Waals surface area (Å²) in [6.07, 6.45) is 2.56. The molecule has 2 unspecified atom stereocenters. The van der Waals surface area contributed by atoms with Gasteiger partial charge >= 0.3 is 6.18 Å².